The summed E-state index contributed by atoms with van der Waals surface area (Å²) in [6.45, 7) is 0. The summed E-state index contributed by atoms with van der Waals surface area (Å²) >= 11 is 0. The van der Waals surface area contributed by atoms with Gasteiger partial charge < -0.3 is 0 Å². The van der Waals surface area contributed by atoms with Crippen LogP contribution in [0.5, 0.6) is 0 Å². The standard InChI is InChI=1S/C19H28N2Si/c1-20(2)19(21(3)4)15-16-22(17-11-7-5-8-12-17)18-13-9-6-10-14-18/h5-14,19,22H,15-16H2,1-4H3. The SMILES string of the molecule is CN(C)C(CC[SiH](c1ccccc1)c1ccccc1)N(C)C. The van der Waals surface area contributed by atoms with Crippen LogP contribution >= 0.6 is 0 Å². The van der Waals surface area contributed by atoms with E-state index in [1.54, 1.807) is 10.4 Å². The van der Waals surface area contributed by atoms with Gasteiger partial charge in [-0.3, -0.25) is 9.80 Å². The Labute approximate surface area is 137 Å². The summed E-state index contributed by atoms with van der Waals surface area (Å²) in [4.78, 5) is 4.64. The quantitative estimate of drug-likeness (QED) is 0.569. The highest BCUT2D eigenvalue weighted by Crippen LogP contribution is 2.10. The molecular formula is C19H28N2Si. The summed E-state index contributed by atoms with van der Waals surface area (Å²) in [7, 11) is 7.55. The Morgan fingerprint density at radius 1 is 0.727 bits per heavy atom. The average Bonchev–Trinajstić information content (AvgIpc) is 2.52. The van der Waals surface area contributed by atoms with Crippen LogP contribution in [0.15, 0.2) is 60.7 Å². The number of hydrogen-bond donors (Lipinski definition) is 0. The van der Waals surface area contributed by atoms with E-state index in [0.29, 0.717) is 6.17 Å². The third-order valence-electron chi connectivity index (χ3n) is 4.31. The molecule has 2 rings (SSSR count). The number of nitrogens with zero attached hydrogens (tertiary/aromatic N) is 2. The molecule has 2 aromatic rings. The smallest absolute Gasteiger partial charge is 0.103 e. The molecule has 0 fully saturated rings. The Balaban J connectivity index is 2.19. The van der Waals surface area contributed by atoms with Crippen molar-refractivity contribution in [3.63, 3.8) is 0 Å². The van der Waals surface area contributed by atoms with Crippen LogP contribution in [0.2, 0.25) is 6.04 Å². The first-order valence-electron chi connectivity index (χ1n) is 8.02. The largest absolute Gasteiger partial charge is 0.294 e. The normalized spacial score (nSPS) is 11.8. The minimum atomic E-state index is -1.14. The molecule has 3 heteroatoms. The zero-order valence-corrected chi connectivity index (χ0v) is 15.4. The zero-order chi connectivity index (χ0) is 15.9. The van der Waals surface area contributed by atoms with E-state index in [2.05, 4.69) is 98.7 Å². The molecule has 2 aromatic carbocycles. The predicted molar refractivity (Wildman–Crippen MR) is 99.9 cm³/mol. The van der Waals surface area contributed by atoms with Crippen molar-refractivity contribution in [2.75, 3.05) is 28.2 Å². The van der Waals surface area contributed by atoms with E-state index in [1.807, 2.05) is 0 Å². The van der Waals surface area contributed by atoms with Crippen molar-refractivity contribution >= 4 is 19.2 Å². The fraction of sp³-hybridized carbons (Fsp3) is 0.368. The molecule has 0 aliphatic carbocycles. The highest BCUT2D eigenvalue weighted by molar-refractivity contribution is 6.85. The average molecular weight is 313 g/mol. The van der Waals surface area contributed by atoms with E-state index in [0.717, 1.165) is 0 Å². The molecule has 0 saturated carbocycles. The number of rotatable bonds is 7. The van der Waals surface area contributed by atoms with Gasteiger partial charge in [-0.2, -0.15) is 0 Å². The molecule has 0 unspecified atom stereocenters. The maximum Gasteiger partial charge on any atom is 0.103 e. The van der Waals surface area contributed by atoms with Gasteiger partial charge in [-0.1, -0.05) is 71.0 Å². The van der Waals surface area contributed by atoms with Crippen LogP contribution in [0.3, 0.4) is 0 Å². The van der Waals surface area contributed by atoms with Crippen molar-refractivity contribution in [2.45, 2.75) is 18.6 Å². The summed E-state index contributed by atoms with van der Waals surface area (Å²) < 4.78 is 0. The predicted octanol–water partition coefficient (Wildman–Crippen LogP) is 1.87. The maximum absolute atomic E-state index is 2.32. The Bertz CT molecular complexity index is 492. The first-order chi connectivity index (χ1) is 10.6. The van der Waals surface area contributed by atoms with Crippen LogP contribution in [-0.2, 0) is 0 Å². The van der Waals surface area contributed by atoms with Crippen molar-refractivity contribution in [1.82, 2.24) is 9.80 Å². The van der Waals surface area contributed by atoms with Crippen LogP contribution in [0, 0.1) is 0 Å². The molecule has 0 spiro atoms. The summed E-state index contributed by atoms with van der Waals surface area (Å²) in [5.41, 5.74) is 0. The summed E-state index contributed by atoms with van der Waals surface area (Å²) in [5.74, 6) is 0. The van der Waals surface area contributed by atoms with Crippen molar-refractivity contribution < 1.29 is 0 Å². The van der Waals surface area contributed by atoms with Crippen LogP contribution in [0.25, 0.3) is 0 Å². The molecule has 2 nitrogen and oxygen atoms in total. The van der Waals surface area contributed by atoms with Crippen molar-refractivity contribution in [3.8, 4) is 0 Å². The van der Waals surface area contributed by atoms with E-state index in [9.17, 15) is 0 Å². The highest BCUT2D eigenvalue weighted by Gasteiger charge is 2.20. The lowest BCUT2D eigenvalue weighted by Gasteiger charge is -2.31. The van der Waals surface area contributed by atoms with Gasteiger partial charge in [-0.25, -0.2) is 0 Å². The molecule has 0 aromatic heterocycles. The van der Waals surface area contributed by atoms with E-state index in [1.165, 1.54) is 12.5 Å². The van der Waals surface area contributed by atoms with Gasteiger partial charge in [0, 0.05) is 0 Å². The van der Waals surface area contributed by atoms with Gasteiger partial charge >= 0.3 is 0 Å². The molecule has 0 bridgehead atoms. The molecular weight excluding hydrogens is 284 g/mol. The first-order valence-corrected chi connectivity index (χ1v) is 9.99. The second kappa shape index (κ2) is 8.27. The van der Waals surface area contributed by atoms with Gasteiger partial charge in [0.05, 0.1) is 6.17 Å². The molecule has 0 aliphatic rings. The summed E-state index contributed by atoms with van der Waals surface area (Å²) in [6.07, 6.45) is 1.71. The second-order valence-corrected chi connectivity index (χ2v) is 9.37. The minimum Gasteiger partial charge on any atom is -0.294 e. The van der Waals surface area contributed by atoms with E-state index < -0.39 is 8.80 Å². The molecule has 0 heterocycles. The lowest BCUT2D eigenvalue weighted by Crippen LogP contribution is -2.46. The Hall–Kier alpha value is -1.42. The summed E-state index contributed by atoms with van der Waals surface area (Å²) in [6, 6.07) is 23.4. The maximum atomic E-state index is 2.32. The zero-order valence-electron chi connectivity index (χ0n) is 14.2. The fourth-order valence-electron chi connectivity index (χ4n) is 3.19. The molecule has 0 amide bonds. The second-order valence-electron chi connectivity index (χ2n) is 6.36. The fourth-order valence-corrected chi connectivity index (χ4v) is 6.25. The van der Waals surface area contributed by atoms with Gasteiger partial charge in [0.2, 0.25) is 0 Å². The molecule has 118 valence electrons. The van der Waals surface area contributed by atoms with Crippen molar-refractivity contribution in [2.24, 2.45) is 0 Å². The van der Waals surface area contributed by atoms with E-state index in [-0.39, 0.29) is 0 Å². The van der Waals surface area contributed by atoms with Crippen LogP contribution in [-0.4, -0.2) is 53.0 Å². The van der Waals surface area contributed by atoms with Crippen molar-refractivity contribution in [3.05, 3.63) is 60.7 Å². The molecule has 0 atom stereocenters. The van der Waals surface area contributed by atoms with Gasteiger partial charge in [-0.05, 0) is 40.7 Å². The molecule has 0 N–H and O–H groups in total. The van der Waals surface area contributed by atoms with Gasteiger partial charge in [0.1, 0.15) is 8.80 Å². The molecule has 0 saturated heterocycles. The van der Waals surface area contributed by atoms with Crippen molar-refractivity contribution in [1.29, 1.82) is 0 Å². The molecule has 0 radical (unpaired) electrons. The van der Waals surface area contributed by atoms with Gasteiger partial charge in [0.15, 0.2) is 0 Å². The number of hydrogen-bond acceptors (Lipinski definition) is 2. The minimum absolute atomic E-state index is 0.502. The molecule has 22 heavy (non-hydrogen) atoms. The third-order valence-corrected chi connectivity index (χ3v) is 7.60. The van der Waals surface area contributed by atoms with Gasteiger partial charge in [-0.15, -0.1) is 0 Å². The lowest BCUT2D eigenvalue weighted by molar-refractivity contribution is 0.125. The Morgan fingerprint density at radius 3 is 1.50 bits per heavy atom. The Kier molecular flexibility index (Phi) is 6.37. The van der Waals surface area contributed by atoms with Gasteiger partial charge in [0.25, 0.3) is 0 Å². The topological polar surface area (TPSA) is 6.48 Å². The highest BCUT2D eigenvalue weighted by atomic mass is 28.3. The van der Waals surface area contributed by atoms with Crippen LogP contribution in [0.4, 0.5) is 0 Å². The van der Waals surface area contributed by atoms with E-state index >= 15 is 0 Å². The van der Waals surface area contributed by atoms with Crippen LogP contribution in [0.1, 0.15) is 6.42 Å². The monoisotopic (exact) mass is 312 g/mol. The third kappa shape index (κ3) is 4.53. The molecule has 0 aliphatic heterocycles. The summed E-state index contributed by atoms with van der Waals surface area (Å²) in [5, 5.41) is 3.09. The van der Waals surface area contributed by atoms with Crippen LogP contribution < -0.4 is 10.4 Å². The first kappa shape index (κ1) is 16.9. The number of benzene rings is 2. The Morgan fingerprint density at radius 2 is 1.14 bits per heavy atom. The van der Waals surface area contributed by atoms with E-state index in [4.69, 9.17) is 0 Å². The lowest BCUT2D eigenvalue weighted by atomic mass is 10.3.